The van der Waals surface area contributed by atoms with Crippen LogP contribution in [0.4, 0.5) is 5.69 Å². The van der Waals surface area contributed by atoms with Crippen LogP contribution < -0.4 is 4.90 Å². The minimum atomic E-state index is -0.364. The van der Waals surface area contributed by atoms with Gasteiger partial charge < -0.3 is 0 Å². The molecule has 0 atom stereocenters. The lowest BCUT2D eigenvalue weighted by atomic mass is 9.96. The second-order valence-electron chi connectivity index (χ2n) is 8.55. The lowest BCUT2D eigenvalue weighted by Gasteiger charge is -2.20. The summed E-state index contributed by atoms with van der Waals surface area (Å²) in [5, 5.41) is 3.19. The minimum absolute atomic E-state index is 0.349. The summed E-state index contributed by atoms with van der Waals surface area (Å²) >= 11 is 0. The predicted molar refractivity (Wildman–Crippen MR) is 139 cm³/mol. The number of para-hydroxylation sites is 4. The first-order valence-corrected chi connectivity index (χ1v) is 11.4. The Balaban J connectivity index is 1.51. The van der Waals surface area contributed by atoms with E-state index < -0.39 is 0 Å². The number of benzene rings is 4. The molecule has 1 aliphatic rings. The number of rotatable bonds is 2. The third kappa shape index (κ3) is 2.82. The smallest absolute Gasteiger partial charge is 0.266 e. The van der Waals surface area contributed by atoms with E-state index in [4.69, 9.17) is 9.97 Å². The van der Waals surface area contributed by atoms with Gasteiger partial charge >= 0.3 is 0 Å². The quantitative estimate of drug-likeness (QED) is 0.238. The number of imide groups is 1. The maximum absolute atomic E-state index is 14.1. The fourth-order valence-electron chi connectivity index (χ4n) is 5.05. The molecule has 4 aromatic carbocycles. The number of pyridine rings is 2. The van der Waals surface area contributed by atoms with Crippen molar-refractivity contribution in [3.05, 3.63) is 109 Å². The van der Waals surface area contributed by atoms with E-state index in [2.05, 4.69) is 0 Å². The molecule has 0 saturated heterocycles. The van der Waals surface area contributed by atoms with Crippen LogP contribution in [-0.4, -0.2) is 21.8 Å². The molecule has 3 heterocycles. The molecule has 6 aromatic rings. The van der Waals surface area contributed by atoms with E-state index in [-0.39, 0.29) is 11.8 Å². The van der Waals surface area contributed by atoms with Crippen molar-refractivity contribution in [2.75, 3.05) is 4.90 Å². The van der Waals surface area contributed by atoms with Crippen LogP contribution in [0, 0.1) is 0 Å². The maximum Gasteiger partial charge on any atom is 0.266 e. The molecule has 0 N–H and O–H groups in total. The minimum Gasteiger partial charge on any atom is -0.269 e. The van der Waals surface area contributed by atoms with Crippen LogP contribution in [0.2, 0.25) is 0 Å². The van der Waals surface area contributed by atoms with Crippen molar-refractivity contribution < 1.29 is 9.59 Å². The Kier molecular flexibility index (Phi) is 4.08. The molecule has 164 valence electrons. The van der Waals surface area contributed by atoms with Crippen LogP contribution in [-0.2, 0) is 9.59 Å². The van der Waals surface area contributed by atoms with Crippen molar-refractivity contribution in [1.29, 1.82) is 0 Å². The van der Waals surface area contributed by atoms with Crippen molar-refractivity contribution in [2.24, 2.45) is 0 Å². The fourth-order valence-corrected chi connectivity index (χ4v) is 5.05. The summed E-state index contributed by atoms with van der Waals surface area (Å²) in [5.74, 6) is -0.713. The molecule has 0 radical (unpaired) electrons. The molecule has 1 aliphatic heterocycles. The van der Waals surface area contributed by atoms with Crippen LogP contribution in [0.25, 0.3) is 49.2 Å². The lowest BCUT2D eigenvalue weighted by Crippen LogP contribution is -2.31. The summed E-state index contributed by atoms with van der Waals surface area (Å²) in [7, 11) is 0. The Labute approximate surface area is 200 Å². The molecule has 7 rings (SSSR count). The van der Waals surface area contributed by atoms with Crippen molar-refractivity contribution in [3.8, 4) is 0 Å². The molecule has 5 nitrogen and oxygen atoms in total. The molecule has 0 unspecified atom stereocenters. The lowest BCUT2D eigenvalue weighted by molar-refractivity contribution is -0.119. The Morgan fingerprint density at radius 3 is 1.40 bits per heavy atom. The number of carbonyl (C=O) groups is 2. The molecule has 0 saturated carbocycles. The van der Waals surface area contributed by atoms with Crippen molar-refractivity contribution in [3.63, 3.8) is 0 Å². The third-order valence-electron chi connectivity index (χ3n) is 6.56. The van der Waals surface area contributed by atoms with Crippen LogP contribution in [0.3, 0.4) is 0 Å². The first-order chi connectivity index (χ1) is 17.2. The highest BCUT2D eigenvalue weighted by Gasteiger charge is 2.36. The van der Waals surface area contributed by atoms with Crippen molar-refractivity contribution >= 4 is 66.7 Å². The topological polar surface area (TPSA) is 63.2 Å². The second-order valence-corrected chi connectivity index (χ2v) is 8.55. The van der Waals surface area contributed by atoms with Crippen LogP contribution in [0.5, 0.6) is 0 Å². The molecular weight excluding hydrogens is 434 g/mol. The van der Waals surface area contributed by atoms with E-state index >= 15 is 0 Å². The number of anilines is 1. The van der Waals surface area contributed by atoms with Gasteiger partial charge in [-0.2, -0.15) is 0 Å². The molecule has 0 bridgehead atoms. The SMILES string of the molecule is O=C1C=C(c2c3ccccc3nc3ccccc23)C(=O)N1c1c2ccccc2nc2ccccc12. The molecule has 2 aromatic heterocycles. The highest BCUT2D eigenvalue weighted by molar-refractivity contribution is 6.47. The fraction of sp³-hybridized carbons (Fsp3) is 0. The van der Waals surface area contributed by atoms with Gasteiger partial charge in [-0.05, 0) is 24.3 Å². The van der Waals surface area contributed by atoms with E-state index in [1.807, 2.05) is 97.1 Å². The summed E-state index contributed by atoms with van der Waals surface area (Å²) < 4.78 is 0. The zero-order valence-corrected chi connectivity index (χ0v) is 18.5. The molecule has 2 amide bonds. The van der Waals surface area contributed by atoms with E-state index in [0.717, 1.165) is 49.2 Å². The Morgan fingerprint density at radius 2 is 0.914 bits per heavy atom. The number of amides is 2. The molecule has 0 aliphatic carbocycles. The zero-order chi connectivity index (χ0) is 23.5. The third-order valence-corrected chi connectivity index (χ3v) is 6.56. The van der Waals surface area contributed by atoms with Gasteiger partial charge in [-0.3, -0.25) is 9.59 Å². The van der Waals surface area contributed by atoms with Gasteiger partial charge in [-0.15, -0.1) is 0 Å². The maximum atomic E-state index is 14.1. The average Bonchev–Trinajstić information content (AvgIpc) is 3.18. The van der Waals surface area contributed by atoms with Gasteiger partial charge in [-0.25, -0.2) is 14.9 Å². The highest BCUT2D eigenvalue weighted by Crippen LogP contribution is 2.40. The number of fused-ring (bicyclic) bond motifs is 4. The first kappa shape index (κ1) is 19.6. The van der Waals surface area contributed by atoms with Crippen LogP contribution >= 0.6 is 0 Å². The number of aromatic nitrogens is 2. The molecule has 5 heteroatoms. The Morgan fingerprint density at radius 1 is 0.514 bits per heavy atom. The molecular formula is C30H17N3O2. The molecule has 0 spiro atoms. The first-order valence-electron chi connectivity index (χ1n) is 11.4. The van der Waals surface area contributed by atoms with Crippen molar-refractivity contribution in [2.45, 2.75) is 0 Å². The van der Waals surface area contributed by atoms with E-state index in [1.54, 1.807) is 0 Å². The average molecular weight is 451 g/mol. The van der Waals surface area contributed by atoms with Gasteiger partial charge in [0.1, 0.15) is 0 Å². The summed E-state index contributed by atoms with van der Waals surface area (Å²) in [5.41, 5.74) is 4.69. The molecule has 35 heavy (non-hydrogen) atoms. The number of hydrogen-bond acceptors (Lipinski definition) is 4. The number of hydrogen-bond donors (Lipinski definition) is 0. The van der Waals surface area contributed by atoms with E-state index in [0.29, 0.717) is 11.3 Å². The van der Waals surface area contributed by atoms with Gasteiger partial charge in [0.25, 0.3) is 11.8 Å². The Hall–Kier alpha value is -4.90. The second kappa shape index (κ2) is 7.30. The number of nitrogens with zero attached hydrogens (tertiary/aromatic N) is 3. The summed E-state index contributed by atoms with van der Waals surface area (Å²) in [6.07, 6.45) is 1.46. The van der Waals surface area contributed by atoms with Gasteiger partial charge in [0.2, 0.25) is 0 Å². The van der Waals surface area contributed by atoms with Gasteiger partial charge in [0.15, 0.2) is 0 Å². The summed E-state index contributed by atoms with van der Waals surface area (Å²) in [4.78, 5) is 38.4. The Bertz CT molecular complexity index is 1800. The summed E-state index contributed by atoms with van der Waals surface area (Å²) in [6, 6.07) is 30.6. The largest absolute Gasteiger partial charge is 0.269 e. The van der Waals surface area contributed by atoms with Crippen LogP contribution in [0.1, 0.15) is 5.56 Å². The number of carbonyl (C=O) groups excluding carboxylic acids is 2. The van der Waals surface area contributed by atoms with E-state index in [1.165, 1.54) is 11.0 Å². The summed E-state index contributed by atoms with van der Waals surface area (Å²) in [6.45, 7) is 0. The van der Waals surface area contributed by atoms with Gasteiger partial charge in [0, 0.05) is 33.2 Å². The highest BCUT2D eigenvalue weighted by atomic mass is 16.2. The van der Waals surface area contributed by atoms with Crippen molar-refractivity contribution in [1.82, 2.24) is 9.97 Å². The standard InChI is InChI=1S/C30H17N3O2/c34-27-17-22(28-18-9-1-5-13-23(18)31-24-14-6-2-10-19(24)28)30(35)33(27)29-20-11-3-7-15-25(20)32-26-16-8-4-12-21(26)29/h1-17H. The predicted octanol–water partition coefficient (Wildman–Crippen LogP) is 6.05. The van der Waals surface area contributed by atoms with E-state index in [9.17, 15) is 9.59 Å². The molecule has 0 fully saturated rings. The van der Waals surface area contributed by atoms with Gasteiger partial charge in [-0.1, -0.05) is 72.8 Å². The normalized spacial score (nSPS) is 13.9. The van der Waals surface area contributed by atoms with Crippen LogP contribution in [0.15, 0.2) is 103 Å². The van der Waals surface area contributed by atoms with Gasteiger partial charge in [0.05, 0.1) is 33.3 Å². The zero-order valence-electron chi connectivity index (χ0n) is 18.5. The monoisotopic (exact) mass is 451 g/mol.